The molecule has 0 saturated carbocycles. The molecular weight excluding hydrogens is 265 g/mol. The standard InChI is InChI=1S/C13H18FN3O3/c1-20-13-7-11(12(17(18)19)6-10(13)14)16-5-3-2-4-9(16)8-15/h6-7,9H,2-5,8,15H2,1H3. The highest BCUT2D eigenvalue weighted by Gasteiger charge is 2.29. The number of anilines is 1. The largest absolute Gasteiger partial charge is 0.494 e. The first-order valence-corrected chi connectivity index (χ1v) is 6.57. The van der Waals surface area contributed by atoms with Gasteiger partial charge in [0.05, 0.1) is 18.1 Å². The number of methoxy groups -OCH3 is 1. The summed E-state index contributed by atoms with van der Waals surface area (Å²) in [6, 6.07) is 2.34. The molecule has 0 aliphatic carbocycles. The van der Waals surface area contributed by atoms with Gasteiger partial charge < -0.3 is 15.4 Å². The Morgan fingerprint density at radius 2 is 2.30 bits per heavy atom. The van der Waals surface area contributed by atoms with Crippen molar-refractivity contribution in [2.45, 2.75) is 25.3 Å². The third-order valence-corrected chi connectivity index (χ3v) is 3.65. The highest BCUT2D eigenvalue weighted by molar-refractivity contribution is 5.67. The van der Waals surface area contributed by atoms with E-state index in [0.29, 0.717) is 18.8 Å². The fourth-order valence-corrected chi connectivity index (χ4v) is 2.63. The van der Waals surface area contributed by atoms with Gasteiger partial charge in [-0.1, -0.05) is 0 Å². The Morgan fingerprint density at radius 3 is 2.90 bits per heavy atom. The molecule has 0 amide bonds. The Bertz CT molecular complexity index is 510. The number of nitrogens with two attached hydrogens (primary N) is 1. The molecule has 1 aliphatic heterocycles. The van der Waals surface area contributed by atoms with Gasteiger partial charge in [0.2, 0.25) is 0 Å². The molecule has 1 aliphatic rings. The fraction of sp³-hybridized carbons (Fsp3) is 0.538. The number of nitro benzene ring substituents is 1. The second kappa shape index (κ2) is 6.04. The van der Waals surface area contributed by atoms with Gasteiger partial charge in [-0.25, -0.2) is 4.39 Å². The van der Waals surface area contributed by atoms with Crippen molar-refractivity contribution in [3.8, 4) is 5.75 Å². The molecular formula is C13H18FN3O3. The fourth-order valence-electron chi connectivity index (χ4n) is 2.63. The van der Waals surface area contributed by atoms with E-state index in [9.17, 15) is 14.5 Å². The summed E-state index contributed by atoms with van der Waals surface area (Å²) in [6.45, 7) is 1.09. The number of hydrogen-bond donors (Lipinski definition) is 1. The van der Waals surface area contributed by atoms with Crippen LogP contribution in [0.3, 0.4) is 0 Å². The van der Waals surface area contributed by atoms with Crippen LogP contribution >= 0.6 is 0 Å². The monoisotopic (exact) mass is 283 g/mol. The van der Waals surface area contributed by atoms with Crippen molar-refractivity contribution in [2.24, 2.45) is 5.73 Å². The van der Waals surface area contributed by atoms with E-state index in [1.54, 1.807) is 0 Å². The average Bonchev–Trinajstić information content (AvgIpc) is 2.46. The van der Waals surface area contributed by atoms with Crippen LogP contribution in [0.2, 0.25) is 0 Å². The maximum Gasteiger partial charge on any atom is 0.295 e. The third kappa shape index (κ3) is 2.67. The van der Waals surface area contributed by atoms with Crippen molar-refractivity contribution in [1.29, 1.82) is 0 Å². The van der Waals surface area contributed by atoms with Gasteiger partial charge in [-0.2, -0.15) is 0 Å². The number of halogens is 1. The van der Waals surface area contributed by atoms with Crippen LogP contribution in [-0.2, 0) is 0 Å². The Kier molecular flexibility index (Phi) is 4.39. The molecule has 110 valence electrons. The smallest absolute Gasteiger partial charge is 0.295 e. The maximum atomic E-state index is 13.7. The van der Waals surface area contributed by atoms with Crippen LogP contribution in [0.15, 0.2) is 12.1 Å². The summed E-state index contributed by atoms with van der Waals surface area (Å²) in [5.41, 5.74) is 5.87. The summed E-state index contributed by atoms with van der Waals surface area (Å²) >= 11 is 0. The Morgan fingerprint density at radius 1 is 1.55 bits per heavy atom. The molecule has 1 aromatic rings. The number of nitro groups is 1. The molecule has 20 heavy (non-hydrogen) atoms. The van der Waals surface area contributed by atoms with Gasteiger partial charge in [-0.3, -0.25) is 10.1 Å². The van der Waals surface area contributed by atoms with Crippen molar-refractivity contribution in [1.82, 2.24) is 0 Å². The molecule has 2 rings (SSSR count). The summed E-state index contributed by atoms with van der Waals surface area (Å²) in [7, 11) is 1.34. The van der Waals surface area contributed by atoms with E-state index < -0.39 is 10.7 Å². The minimum absolute atomic E-state index is 0.00643. The molecule has 0 aromatic heterocycles. The third-order valence-electron chi connectivity index (χ3n) is 3.65. The molecule has 1 fully saturated rings. The number of nitrogens with zero attached hydrogens (tertiary/aromatic N) is 2. The lowest BCUT2D eigenvalue weighted by molar-refractivity contribution is -0.384. The van der Waals surface area contributed by atoms with E-state index in [1.165, 1.54) is 13.2 Å². The molecule has 6 nitrogen and oxygen atoms in total. The van der Waals surface area contributed by atoms with Crippen LogP contribution in [0, 0.1) is 15.9 Å². The van der Waals surface area contributed by atoms with Gasteiger partial charge >= 0.3 is 0 Å². The average molecular weight is 283 g/mol. The molecule has 1 saturated heterocycles. The van der Waals surface area contributed by atoms with E-state index >= 15 is 0 Å². The van der Waals surface area contributed by atoms with Crippen molar-refractivity contribution in [2.75, 3.05) is 25.1 Å². The minimum Gasteiger partial charge on any atom is -0.494 e. The molecule has 1 atom stereocenters. The first-order valence-electron chi connectivity index (χ1n) is 6.57. The first kappa shape index (κ1) is 14.5. The van der Waals surface area contributed by atoms with Crippen LogP contribution in [-0.4, -0.2) is 31.2 Å². The predicted molar refractivity (Wildman–Crippen MR) is 73.6 cm³/mol. The number of benzene rings is 1. The summed E-state index contributed by atoms with van der Waals surface area (Å²) in [6.07, 6.45) is 2.87. The van der Waals surface area contributed by atoms with Gasteiger partial charge in [0.1, 0.15) is 5.69 Å². The number of rotatable bonds is 4. The Labute approximate surface area is 116 Å². The van der Waals surface area contributed by atoms with Gasteiger partial charge in [-0.05, 0) is 19.3 Å². The minimum atomic E-state index is -0.732. The van der Waals surface area contributed by atoms with Gasteiger partial charge in [-0.15, -0.1) is 0 Å². The summed E-state index contributed by atoms with van der Waals surface area (Å²) < 4.78 is 18.6. The van der Waals surface area contributed by atoms with Crippen LogP contribution < -0.4 is 15.4 Å². The second-order valence-electron chi connectivity index (χ2n) is 4.81. The van der Waals surface area contributed by atoms with Crippen molar-refractivity contribution < 1.29 is 14.1 Å². The van der Waals surface area contributed by atoms with Crippen molar-refractivity contribution in [3.63, 3.8) is 0 Å². The number of piperidine rings is 1. The van der Waals surface area contributed by atoms with E-state index in [4.69, 9.17) is 10.5 Å². The van der Waals surface area contributed by atoms with Crippen molar-refractivity contribution >= 4 is 11.4 Å². The van der Waals surface area contributed by atoms with Crippen molar-refractivity contribution in [3.05, 3.63) is 28.1 Å². The number of ether oxygens (including phenoxy) is 1. The molecule has 0 spiro atoms. The Balaban J connectivity index is 2.49. The molecule has 0 radical (unpaired) electrons. The van der Waals surface area contributed by atoms with Crippen LogP contribution in [0.1, 0.15) is 19.3 Å². The first-order chi connectivity index (χ1) is 9.58. The summed E-state index contributed by atoms with van der Waals surface area (Å²) in [5, 5.41) is 11.2. The zero-order chi connectivity index (χ0) is 14.7. The SMILES string of the molecule is COc1cc(N2CCCCC2CN)c([N+](=O)[O-])cc1F. The Hall–Kier alpha value is -1.89. The van der Waals surface area contributed by atoms with Gasteiger partial charge in [0.25, 0.3) is 5.69 Å². The maximum absolute atomic E-state index is 13.7. The normalized spacial score (nSPS) is 18.9. The molecule has 1 heterocycles. The van der Waals surface area contributed by atoms with E-state index in [1.807, 2.05) is 4.90 Å². The van der Waals surface area contributed by atoms with E-state index in [2.05, 4.69) is 0 Å². The molecule has 2 N–H and O–H groups in total. The topological polar surface area (TPSA) is 81.6 Å². The lowest BCUT2D eigenvalue weighted by Crippen LogP contribution is -2.44. The molecule has 0 bridgehead atoms. The predicted octanol–water partition coefficient (Wildman–Crippen LogP) is 2.06. The van der Waals surface area contributed by atoms with E-state index in [-0.39, 0.29) is 17.5 Å². The number of hydrogen-bond acceptors (Lipinski definition) is 5. The lowest BCUT2D eigenvalue weighted by atomic mass is 10.0. The summed E-state index contributed by atoms with van der Waals surface area (Å²) in [5.74, 6) is -0.726. The zero-order valence-electron chi connectivity index (χ0n) is 11.3. The van der Waals surface area contributed by atoms with Crippen LogP contribution in [0.5, 0.6) is 5.75 Å². The lowest BCUT2D eigenvalue weighted by Gasteiger charge is -2.36. The van der Waals surface area contributed by atoms with Crippen LogP contribution in [0.4, 0.5) is 15.8 Å². The summed E-state index contributed by atoms with van der Waals surface area (Å²) in [4.78, 5) is 12.5. The van der Waals surface area contributed by atoms with Gasteiger partial charge in [0, 0.05) is 25.2 Å². The second-order valence-corrected chi connectivity index (χ2v) is 4.81. The zero-order valence-corrected chi connectivity index (χ0v) is 11.3. The van der Waals surface area contributed by atoms with Gasteiger partial charge in [0.15, 0.2) is 11.6 Å². The van der Waals surface area contributed by atoms with Crippen LogP contribution in [0.25, 0.3) is 0 Å². The highest BCUT2D eigenvalue weighted by atomic mass is 19.1. The molecule has 7 heteroatoms. The highest BCUT2D eigenvalue weighted by Crippen LogP contribution is 2.37. The molecule has 1 unspecified atom stereocenters. The molecule has 1 aromatic carbocycles. The quantitative estimate of drug-likeness (QED) is 0.675. The van der Waals surface area contributed by atoms with E-state index in [0.717, 1.165) is 25.3 Å².